The first kappa shape index (κ1) is 15.0. The van der Waals surface area contributed by atoms with Crippen molar-refractivity contribution in [1.29, 1.82) is 0 Å². The summed E-state index contributed by atoms with van der Waals surface area (Å²) in [5.41, 5.74) is 1.10. The lowest BCUT2D eigenvalue weighted by atomic mass is 9.96. The Morgan fingerprint density at radius 3 is 2.60 bits per heavy atom. The quantitative estimate of drug-likeness (QED) is 0.863. The van der Waals surface area contributed by atoms with Crippen LogP contribution < -0.4 is 0 Å². The first-order chi connectivity index (χ1) is 9.79. The molecule has 1 saturated heterocycles. The van der Waals surface area contributed by atoms with Crippen LogP contribution in [0.25, 0.3) is 0 Å². The molecule has 0 aromatic heterocycles. The van der Waals surface area contributed by atoms with Crippen LogP contribution in [0.2, 0.25) is 0 Å². The van der Waals surface area contributed by atoms with E-state index in [1.54, 1.807) is 4.90 Å². The van der Waals surface area contributed by atoms with Crippen molar-refractivity contribution in [2.75, 3.05) is 26.4 Å². The number of aliphatic hydroxyl groups is 1. The van der Waals surface area contributed by atoms with E-state index in [4.69, 9.17) is 9.84 Å². The number of nitrogens with zero attached hydrogens (tertiary/aromatic N) is 1. The molecule has 0 atom stereocenters. The summed E-state index contributed by atoms with van der Waals surface area (Å²) >= 11 is 0. The summed E-state index contributed by atoms with van der Waals surface area (Å²) in [6, 6.07) is 9.91. The third kappa shape index (κ3) is 4.62. The molecule has 0 bridgehead atoms. The van der Waals surface area contributed by atoms with Crippen LogP contribution in [0.3, 0.4) is 0 Å². The Bertz CT molecular complexity index is 401. The maximum atomic E-state index is 12.4. The molecule has 0 radical (unpaired) electrons. The van der Waals surface area contributed by atoms with Gasteiger partial charge in [-0.05, 0) is 24.3 Å². The Morgan fingerprint density at radius 2 is 1.95 bits per heavy atom. The van der Waals surface area contributed by atoms with Crippen molar-refractivity contribution in [3.63, 3.8) is 0 Å². The maximum absolute atomic E-state index is 12.4. The lowest BCUT2D eigenvalue weighted by Gasteiger charge is -2.26. The number of carbonyl (C=O) groups excluding carboxylic acids is 1. The molecule has 1 aromatic rings. The van der Waals surface area contributed by atoms with Gasteiger partial charge in [0.05, 0.1) is 6.61 Å². The van der Waals surface area contributed by atoms with Crippen molar-refractivity contribution in [3.8, 4) is 0 Å². The highest BCUT2D eigenvalue weighted by Crippen LogP contribution is 2.20. The number of rotatable bonds is 6. The fraction of sp³-hybridized carbons (Fsp3) is 0.562. The topological polar surface area (TPSA) is 49.8 Å². The van der Waals surface area contributed by atoms with Crippen LogP contribution in [-0.4, -0.2) is 42.3 Å². The molecule has 1 N–H and O–H groups in total. The highest BCUT2D eigenvalue weighted by molar-refractivity contribution is 5.76. The van der Waals surface area contributed by atoms with Gasteiger partial charge in [0.25, 0.3) is 0 Å². The predicted molar refractivity (Wildman–Crippen MR) is 77.1 cm³/mol. The molecule has 1 fully saturated rings. The zero-order chi connectivity index (χ0) is 14.2. The average molecular weight is 277 g/mol. The lowest BCUT2D eigenvalue weighted by molar-refractivity contribution is -0.134. The van der Waals surface area contributed by atoms with Gasteiger partial charge in [-0.3, -0.25) is 4.79 Å². The minimum absolute atomic E-state index is 0.00630. The molecule has 20 heavy (non-hydrogen) atoms. The molecule has 2 rings (SSSR count). The summed E-state index contributed by atoms with van der Waals surface area (Å²) in [7, 11) is 0. The normalized spacial score (nSPS) is 16.1. The molecule has 1 amide bonds. The van der Waals surface area contributed by atoms with E-state index in [-0.39, 0.29) is 12.5 Å². The summed E-state index contributed by atoms with van der Waals surface area (Å²) in [5.74, 6) is 0.558. The van der Waals surface area contributed by atoms with Gasteiger partial charge in [-0.15, -0.1) is 0 Å². The van der Waals surface area contributed by atoms with Crippen LogP contribution in [0, 0.1) is 5.92 Å². The number of carbonyl (C=O) groups is 1. The van der Waals surface area contributed by atoms with Gasteiger partial charge in [-0.1, -0.05) is 30.3 Å². The summed E-state index contributed by atoms with van der Waals surface area (Å²) < 4.78 is 5.32. The van der Waals surface area contributed by atoms with E-state index >= 15 is 0 Å². The summed E-state index contributed by atoms with van der Waals surface area (Å²) in [6.07, 6.45) is 2.49. The summed E-state index contributed by atoms with van der Waals surface area (Å²) in [6.45, 7) is 2.50. The van der Waals surface area contributed by atoms with Gasteiger partial charge in [0.2, 0.25) is 5.91 Å². The Balaban J connectivity index is 1.91. The number of amides is 1. The van der Waals surface area contributed by atoms with E-state index in [0.717, 1.165) is 31.6 Å². The van der Waals surface area contributed by atoms with Gasteiger partial charge in [0.15, 0.2) is 0 Å². The molecule has 1 aliphatic rings. The highest BCUT2D eigenvalue weighted by atomic mass is 16.5. The van der Waals surface area contributed by atoms with Gasteiger partial charge in [0.1, 0.15) is 0 Å². The fourth-order valence-electron chi connectivity index (χ4n) is 2.54. The highest BCUT2D eigenvalue weighted by Gasteiger charge is 2.21. The van der Waals surface area contributed by atoms with Gasteiger partial charge in [-0.2, -0.15) is 0 Å². The minimum atomic E-state index is 0.00630. The number of ether oxygens (including phenoxy) is 1. The van der Waals surface area contributed by atoms with Crippen LogP contribution in [0.1, 0.15) is 24.8 Å². The van der Waals surface area contributed by atoms with E-state index in [2.05, 4.69) is 0 Å². The second kappa shape index (κ2) is 8.02. The molecule has 4 nitrogen and oxygen atoms in total. The first-order valence-corrected chi connectivity index (χ1v) is 7.30. The van der Waals surface area contributed by atoms with E-state index in [1.165, 1.54) is 0 Å². The number of hydrogen-bond acceptors (Lipinski definition) is 3. The van der Waals surface area contributed by atoms with Crippen molar-refractivity contribution in [3.05, 3.63) is 35.9 Å². The maximum Gasteiger partial charge on any atom is 0.223 e. The SMILES string of the molecule is O=C(CC1CCOCC1)N(CCO)Cc1ccccc1. The van der Waals surface area contributed by atoms with E-state index in [1.807, 2.05) is 30.3 Å². The van der Waals surface area contributed by atoms with Gasteiger partial charge in [0, 0.05) is 32.7 Å². The molecule has 0 unspecified atom stereocenters. The van der Waals surface area contributed by atoms with Crippen LogP contribution in [-0.2, 0) is 16.1 Å². The van der Waals surface area contributed by atoms with Gasteiger partial charge < -0.3 is 14.7 Å². The summed E-state index contributed by atoms with van der Waals surface area (Å²) in [5, 5.41) is 9.16. The molecule has 0 aliphatic carbocycles. The fourth-order valence-corrected chi connectivity index (χ4v) is 2.54. The Kier molecular flexibility index (Phi) is 6.02. The third-order valence-corrected chi connectivity index (χ3v) is 3.74. The molecule has 110 valence electrons. The van der Waals surface area contributed by atoms with Gasteiger partial charge >= 0.3 is 0 Å². The van der Waals surface area contributed by atoms with Gasteiger partial charge in [-0.25, -0.2) is 0 Å². The molecule has 0 saturated carbocycles. The van der Waals surface area contributed by atoms with Crippen LogP contribution >= 0.6 is 0 Å². The van der Waals surface area contributed by atoms with Crippen LogP contribution in [0.15, 0.2) is 30.3 Å². The molecule has 1 heterocycles. The summed E-state index contributed by atoms with van der Waals surface area (Å²) in [4.78, 5) is 14.1. The largest absolute Gasteiger partial charge is 0.395 e. The molecular weight excluding hydrogens is 254 g/mol. The van der Waals surface area contributed by atoms with Crippen molar-refractivity contribution in [2.24, 2.45) is 5.92 Å². The molecule has 1 aliphatic heterocycles. The van der Waals surface area contributed by atoms with Crippen molar-refractivity contribution < 1.29 is 14.6 Å². The predicted octanol–water partition coefficient (Wildman–Crippen LogP) is 1.82. The zero-order valence-corrected chi connectivity index (χ0v) is 11.8. The molecule has 1 aromatic carbocycles. The van der Waals surface area contributed by atoms with Crippen molar-refractivity contribution in [1.82, 2.24) is 4.90 Å². The van der Waals surface area contributed by atoms with E-state index < -0.39 is 0 Å². The van der Waals surface area contributed by atoms with Crippen molar-refractivity contribution >= 4 is 5.91 Å². The van der Waals surface area contributed by atoms with Crippen LogP contribution in [0.5, 0.6) is 0 Å². The smallest absolute Gasteiger partial charge is 0.223 e. The molecular formula is C16H23NO3. The second-order valence-corrected chi connectivity index (χ2v) is 5.28. The standard InChI is InChI=1S/C16H23NO3/c18-9-8-17(13-15-4-2-1-3-5-15)16(19)12-14-6-10-20-11-7-14/h1-5,14,18H,6-13H2. The number of hydrogen-bond donors (Lipinski definition) is 1. The monoisotopic (exact) mass is 277 g/mol. The number of aliphatic hydroxyl groups excluding tert-OH is 1. The molecule has 4 heteroatoms. The average Bonchev–Trinajstić information content (AvgIpc) is 2.49. The first-order valence-electron chi connectivity index (χ1n) is 7.30. The third-order valence-electron chi connectivity index (χ3n) is 3.74. The Labute approximate surface area is 120 Å². The molecule has 0 spiro atoms. The van der Waals surface area contributed by atoms with Crippen molar-refractivity contribution in [2.45, 2.75) is 25.8 Å². The number of benzene rings is 1. The second-order valence-electron chi connectivity index (χ2n) is 5.28. The minimum Gasteiger partial charge on any atom is -0.395 e. The van der Waals surface area contributed by atoms with E-state index in [0.29, 0.717) is 25.4 Å². The van der Waals surface area contributed by atoms with E-state index in [9.17, 15) is 4.79 Å². The zero-order valence-electron chi connectivity index (χ0n) is 11.8. The Morgan fingerprint density at radius 1 is 1.25 bits per heavy atom. The lowest BCUT2D eigenvalue weighted by Crippen LogP contribution is -2.35. The van der Waals surface area contributed by atoms with Crippen LogP contribution in [0.4, 0.5) is 0 Å². The Hall–Kier alpha value is -1.39.